The molecule has 1 atom stereocenters. The molecule has 22 heavy (non-hydrogen) atoms. The molecule has 1 nitrogen and oxygen atoms in total. The maximum absolute atomic E-state index is 12.7. The Labute approximate surface area is 135 Å². The van der Waals surface area contributed by atoms with Crippen LogP contribution in [0.25, 0.3) is 0 Å². The van der Waals surface area contributed by atoms with E-state index in [4.69, 9.17) is 0 Å². The topological polar surface area (TPSA) is 12.4 Å². The predicted molar refractivity (Wildman–Crippen MR) is 89.6 cm³/mol. The van der Waals surface area contributed by atoms with Gasteiger partial charge in [0.25, 0.3) is 0 Å². The molecule has 0 fully saturated rings. The average molecular weight is 331 g/mol. The number of hydrogen-bond acceptors (Lipinski definition) is 2. The van der Waals surface area contributed by atoms with Gasteiger partial charge in [-0.15, -0.1) is 0 Å². The van der Waals surface area contributed by atoms with E-state index >= 15 is 0 Å². The van der Waals surface area contributed by atoms with Gasteiger partial charge in [-0.3, -0.25) is 0 Å². The fraction of sp³-hybridized carbons (Fsp3) is 0.588. The van der Waals surface area contributed by atoms with Crippen molar-refractivity contribution in [3.8, 4) is 0 Å². The molecule has 0 radical (unpaired) electrons. The molecule has 1 unspecified atom stereocenters. The second kappa shape index (κ2) is 9.23. The molecule has 0 saturated heterocycles. The van der Waals surface area contributed by atoms with Gasteiger partial charge in [0.15, 0.2) is 0 Å². The molecule has 0 aromatic heterocycles. The molecule has 1 rings (SSSR count). The molecule has 5 heteroatoms. The number of nitrogens with zero attached hydrogens (tertiary/aromatic N) is 1. The molecular weight excluding hydrogens is 307 g/mol. The van der Waals surface area contributed by atoms with Crippen LogP contribution in [0.15, 0.2) is 28.7 Å². The Morgan fingerprint density at radius 3 is 2.27 bits per heavy atom. The SMILES string of the molecule is CCCCC(/C(C)=N/SCCC)c1ccc(C(F)(F)F)cc1. The zero-order valence-electron chi connectivity index (χ0n) is 13.4. The molecule has 0 heterocycles. The minimum atomic E-state index is -4.28. The number of hydrogen-bond donors (Lipinski definition) is 0. The van der Waals surface area contributed by atoms with Crippen molar-refractivity contribution >= 4 is 17.7 Å². The van der Waals surface area contributed by atoms with E-state index < -0.39 is 11.7 Å². The summed E-state index contributed by atoms with van der Waals surface area (Å²) in [5.74, 6) is 1.07. The second-order valence-corrected chi connectivity index (χ2v) is 6.23. The zero-order valence-corrected chi connectivity index (χ0v) is 14.2. The average Bonchev–Trinajstić information content (AvgIpc) is 2.47. The van der Waals surface area contributed by atoms with Gasteiger partial charge in [0.2, 0.25) is 0 Å². The van der Waals surface area contributed by atoms with Gasteiger partial charge in [0, 0.05) is 17.4 Å². The predicted octanol–water partition coefficient (Wildman–Crippen LogP) is 6.50. The van der Waals surface area contributed by atoms with Crippen molar-refractivity contribution in [2.24, 2.45) is 4.40 Å². The first kappa shape index (κ1) is 19.1. The first-order valence-electron chi connectivity index (χ1n) is 7.73. The Bertz CT molecular complexity index is 466. The number of rotatable bonds is 8. The van der Waals surface area contributed by atoms with Crippen LogP contribution >= 0.6 is 11.9 Å². The van der Waals surface area contributed by atoms with Crippen LogP contribution in [-0.2, 0) is 6.18 Å². The monoisotopic (exact) mass is 331 g/mol. The summed E-state index contributed by atoms with van der Waals surface area (Å²) in [6, 6.07) is 5.51. The number of halogens is 3. The summed E-state index contributed by atoms with van der Waals surface area (Å²) in [5, 5.41) is 0. The summed E-state index contributed by atoms with van der Waals surface area (Å²) in [7, 11) is 0. The Kier molecular flexibility index (Phi) is 8.01. The minimum absolute atomic E-state index is 0.103. The van der Waals surface area contributed by atoms with E-state index in [9.17, 15) is 13.2 Å². The molecule has 0 aliphatic heterocycles. The molecule has 0 bridgehead atoms. The highest BCUT2D eigenvalue weighted by molar-refractivity contribution is 7.98. The Balaban J connectivity index is 2.93. The third-order valence-electron chi connectivity index (χ3n) is 3.49. The van der Waals surface area contributed by atoms with Gasteiger partial charge in [-0.05, 0) is 49.4 Å². The molecule has 0 aliphatic rings. The van der Waals surface area contributed by atoms with E-state index in [1.807, 2.05) is 6.92 Å². The summed E-state index contributed by atoms with van der Waals surface area (Å²) >= 11 is 1.53. The van der Waals surface area contributed by atoms with Crippen molar-refractivity contribution in [1.82, 2.24) is 0 Å². The van der Waals surface area contributed by atoms with Crippen LogP contribution in [0.5, 0.6) is 0 Å². The lowest BCUT2D eigenvalue weighted by molar-refractivity contribution is -0.137. The van der Waals surface area contributed by atoms with Crippen molar-refractivity contribution in [1.29, 1.82) is 0 Å². The highest BCUT2D eigenvalue weighted by atomic mass is 32.2. The summed E-state index contributed by atoms with van der Waals surface area (Å²) < 4.78 is 42.5. The third-order valence-corrected chi connectivity index (χ3v) is 4.50. The summed E-state index contributed by atoms with van der Waals surface area (Å²) in [4.78, 5) is 0. The van der Waals surface area contributed by atoms with Crippen molar-refractivity contribution in [3.63, 3.8) is 0 Å². The molecule has 124 valence electrons. The maximum atomic E-state index is 12.7. The van der Waals surface area contributed by atoms with Crippen LogP contribution in [0.2, 0.25) is 0 Å². The van der Waals surface area contributed by atoms with Gasteiger partial charge in [-0.2, -0.15) is 13.2 Å². The van der Waals surface area contributed by atoms with Crippen LogP contribution in [0, 0.1) is 0 Å². The van der Waals surface area contributed by atoms with E-state index in [-0.39, 0.29) is 5.92 Å². The van der Waals surface area contributed by atoms with Crippen molar-refractivity contribution in [2.75, 3.05) is 5.75 Å². The largest absolute Gasteiger partial charge is 0.416 e. The minimum Gasteiger partial charge on any atom is -0.225 e. The molecule has 0 spiro atoms. The molecule has 0 N–H and O–H groups in total. The zero-order chi connectivity index (χ0) is 16.6. The van der Waals surface area contributed by atoms with Gasteiger partial charge in [0.05, 0.1) is 5.56 Å². The maximum Gasteiger partial charge on any atom is 0.416 e. The van der Waals surface area contributed by atoms with Crippen LogP contribution in [-0.4, -0.2) is 11.5 Å². The first-order chi connectivity index (χ1) is 10.4. The molecule has 1 aromatic carbocycles. The van der Waals surface area contributed by atoms with E-state index in [0.29, 0.717) is 0 Å². The summed E-state index contributed by atoms with van der Waals surface area (Å²) in [5.41, 5.74) is 1.31. The molecule has 0 saturated carbocycles. The van der Waals surface area contributed by atoms with Crippen LogP contribution in [0.3, 0.4) is 0 Å². The van der Waals surface area contributed by atoms with Crippen LogP contribution < -0.4 is 0 Å². The number of benzene rings is 1. The molecule has 0 aliphatic carbocycles. The molecular formula is C17H24F3NS. The Hall–Kier alpha value is -0.970. The van der Waals surface area contributed by atoms with Crippen molar-refractivity contribution in [2.45, 2.75) is 58.5 Å². The Morgan fingerprint density at radius 1 is 1.14 bits per heavy atom. The van der Waals surface area contributed by atoms with Gasteiger partial charge in [-0.1, -0.05) is 38.8 Å². The summed E-state index contributed by atoms with van der Waals surface area (Å²) in [6.07, 6.45) is -0.202. The lowest BCUT2D eigenvalue weighted by Crippen LogP contribution is -2.10. The standard InChI is InChI=1S/C17H24F3NS/c1-4-6-7-16(13(3)21-22-12-5-2)14-8-10-15(11-9-14)17(18,19)20/h8-11,16H,4-7,12H2,1-3H3/b21-13+. The highest BCUT2D eigenvalue weighted by Gasteiger charge is 2.30. The van der Waals surface area contributed by atoms with Crippen molar-refractivity contribution < 1.29 is 13.2 Å². The fourth-order valence-corrected chi connectivity index (χ4v) is 2.84. The molecule has 1 aromatic rings. The normalized spacial score (nSPS) is 14.2. The first-order valence-corrected chi connectivity index (χ1v) is 8.68. The van der Waals surface area contributed by atoms with Gasteiger partial charge < -0.3 is 0 Å². The third kappa shape index (κ3) is 6.03. The smallest absolute Gasteiger partial charge is 0.225 e. The van der Waals surface area contributed by atoms with Gasteiger partial charge >= 0.3 is 6.18 Å². The van der Waals surface area contributed by atoms with Gasteiger partial charge in [0.1, 0.15) is 0 Å². The number of alkyl halides is 3. The van der Waals surface area contributed by atoms with Crippen LogP contribution in [0.4, 0.5) is 13.2 Å². The molecule has 0 amide bonds. The van der Waals surface area contributed by atoms with E-state index in [1.165, 1.54) is 24.1 Å². The quantitative estimate of drug-likeness (QED) is 0.301. The number of unbranched alkanes of at least 4 members (excludes halogenated alkanes) is 1. The van der Waals surface area contributed by atoms with E-state index in [1.54, 1.807) is 12.1 Å². The fourth-order valence-electron chi connectivity index (χ4n) is 2.23. The van der Waals surface area contributed by atoms with Gasteiger partial charge in [-0.25, -0.2) is 4.40 Å². The second-order valence-electron chi connectivity index (χ2n) is 5.38. The highest BCUT2D eigenvalue weighted by Crippen LogP contribution is 2.32. The van der Waals surface area contributed by atoms with Crippen molar-refractivity contribution in [3.05, 3.63) is 35.4 Å². The van der Waals surface area contributed by atoms with E-state index in [0.717, 1.165) is 42.7 Å². The lowest BCUT2D eigenvalue weighted by atomic mass is 9.89. The van der Waals surface area contributed by atoms with E-state index in [2.05, 4.69) is 18.2 Å². The lowest BCUT2D eigenvalue weighted by Gasteiger charge is -2.18. The summed E-state index contributed by atoms with van der Waals surface area (Å²) in [6.45, 7) is 6.19. The van der Waals surface area contributed by atoms with Crippen LogP contribution in [0.1, 0.15) is 63.5 Å². The Morgan fingerprint density at radius 2 is 1.77 bits per heavy atom.